The fourth-order valence-electron chi connectivity index (χ4n) is 1.40. The summed E-state index contributed by atoms with van der Waals surface area (Å²) in [6, 6.07) is 4.64. The standard InChI is InChI=1S/C12H16O3/c1-12(2,3)9-6-8(11(15)7-13)4-5-10(9)14/h4-6,13-14H,7H2,1-3H3. The monoisotopic (exact) mass is 208 g/mol. The van der Waals surface area contributed by atoms with Gasteiger partial charge in [0.25, 0.3) is 0 Å². The van der Waals surface area contributed by atoms with Gasteiger partial charge >= 0.3 is 0 Å². The Balaban J connectivity index is 3.23. The number of benzene rings is 1. The topological polar surface area (TPSA) is 57.5 Å². The van der Waals surface area contributed by atoms with Gasteiger partial charge in [-0.3, -0.25) is 4.79 Å². The first kappa shape index (κ1) is 11.7. The molecule has 0 saturated heterocycles. The molecule has 0 unspecified atom stereocenters. The molecule has 0 aliphatic rings. The summed E-state index contributed by atoms with van der Waals surface area (Å²) in [5.74, 6) is -0.155. The first-order chi connectivity index (χ1) is 6.86. The van der Waals surface area contributed by atoms with Crippen LogP contribution in [0.3, 0.4) is 0 Å². The Morgan fingerprint density at radius 1 is 1.33 bits per heavy atom. The van der Waals surface area contributed by atoms with Crippen LogP contribution in [-0.2, 0) is 5.41 Å². The van der Waals surface area contributed by atoms with Gasteiger partial charge in [0.05, 0.1) is 0 Å². The largest absolute Gasteiger partial charge is 0.508 e. The van der Waals surface area contributed by atoms with Crippen molar-refractivity contribution in [2.45, 2.75) is 26.2 Å². The molecule has 0 aliphatic heterocycles. The highest BCUT2D eigenvalue weighted by Crippen LogP contribution is 2.31. The van der Waals surface area contributed by atoms with Crippen LogP contribution in [0.4, 0.5) is 0 Å². The van der Waals surface area contributed by atoms with E-state index in [0.29, 0.717) is 11.1 Å². The van der Waals surface area contributed by atoms with Crippen LogP contribution < -0.4 is 0 Å². The lowest BCUT2D eigenvalue weighted by atomic mass is 9.85. The van der Waals surface area contributed by atoms with E-state index < -0.39 is 6.61 Å². The third-order valence-corrected chi connectivity index (χ3v) is 2.27. The van der Waals surface area contributed by atoms with Gasteiger partial charge in [-0.25, -0.2) is 0 Å². The first-order valence-corrected chi connectivity index (χ1v) is 4.84. The summed E-state index contributed by atoms with van der Waals surface area (Å²) in [6.45, 7) is 5.36. The van der Waals surface area contributed by atoms with Gasteiger partial charge in [-0.05, 0) is 29.2 Å². The lowest BCUT2D eigenvalue weighted by Gasteiger charge is -2.20. The minimum Gasteiger partial charge on any atom is -0.508 e. The Bertz CT molecular complexity index is 375. The number of rotatable bonds is 2. The fourth-order valence-corrected chi connectivity index (χ4v) is 1.40. The Morgan fingerprint density at radius 3 is 2.40 bits per heavy atom. The van der Waals surface area contributed by atoms with Gasteiger partial charge in [-0.15, -0.1) is 0 Å². The Hall–Kier alpha value is -1.35. The van der Waals surface area contributed by atoms with Crippen LogP contribution in [0, 0.1) is 0 Å². The first-order valence-electron chi connectivity index (χ1n) is 4.84. The zero-order chi connectivity index (χ0) is 11.6. The number of carbonyl (C=O) groups excluding carboxylic acids is 1. The molecule has 82 valence electrons. The van der Waals surface area contributed by atoms with Crippen LogP contribution in [0.15, 0.2) is 18.2 Å². The predicted octanol–water partition coefficient (Wildman–Crippen LogP) is 1.86. The lowest BCUT2D eigenvalue weighted by molar-refractivity contribution is 0.0903. The molecule has 3 nitrogen and oxygen atoms in total. The van der Waals surface area contributed by atoms with Gasteiger partial charge in [0, 0.05) is 5.56 Å². The van der Waals surface area contributed by atoms with Gasteiger partial charge in [0.1, 0.15) is 12.4 Å². The molecule has 0 amide bonds. The number of phenols is 1. The maximum absolute atomic E-state index is 11.3. The zero-order valence-corrected chi connectivity index (χ0v) is 9.24. The summed E-state index contributed by atoms with van der Waals surface area (Å²) in [7, 11) is 0. The van der Waals surface area contributed by atoms with Crippen molar-refractivity contribution in [1.82, 2.24) is 0 Å². The van der Waals surface area contributed by atoms with Crippen molar-refractivity contribution in [2.75, 3.05) is 6.61 Å². The van der Waals surface area contributed by atoms with Crippen LogP contribution in [0.25, 0.3) is 0 Å². The number of carbonyl (C=O) groups is 1. The van der Waals surface area contributed by atoms with E-state index in [4.69, 9.17) is 5.11 Å². The van der Waals surface area contributed by atoms with Gasteiger partial charge in [-0.2, -0.15) is 0 Å². The number of hydrogen-bond donors (Lipinski definition) is 2. The Kier molecular flexibility index (Phi) is 3.15. The van der Waals surface area contributed by atoms with E-state index in [1.165, 1.54) is 12.1 Å². The molecule has 0 fully saturated rings. The predicted molar refractivity (Wildman–Crippen MR) is 58.2 cm³/mol. The van der Waals surface area contributed by atoms with Crippen LogP contribution in [-0.4, -0.2) is 22.6 Å². The van der Waals surface area contributed by atoms with Gasteiger partial charge in [-0.1, -0.05) is 20.8 Å². The van der Waals surface area contributed by atoms with Crippen molar-refractivity contribution >= 4 is 5.78 Å². The number of Topliss-reactive ketones (excluding diaryl/α,β-unsaturated/α-hetero) is 1. The molecule has 15 heavy (non-hydrogen) atoms. The number of aliphatic hydroxyl groups excluding tert-OH is 1. The molecular weight excluding hydrogens is 192 g/mol. The molecule has 1 aromatic rings. The second-order valence-corrected chi connectivity index (χ2v) is 4.56. The van der Waals surface area contributed by atoms with Gasteiger partial charge < -0.3 is 10.2 Å². The SMILES string of the molecule is CC(C)(C)c1cc(C(=O)CO)ccc1O. The Labute approximate surface area is 89.4 Å². The second kappa shape index (κ2) is 4.03. The summed E-state index contributed by atoms with van der Waals surface area (Å²) >= 11 is 0. The van der Waals surface area contributed by atoms with Crippen molar-refractivity contribution in [2.24, 2.45) is 0 Å². The molecule has 3 heteroatoms. The van der Waals surface area contributed by atoms with E-state index in [1.54, 1.807) is 6.07 Å². The summed E-state index contributed by atoms with van der Waals surface area (Å²) < 4.78 is 0. The highest BCUT2D eigenvalue weighted by Gasteiger charge is 2.19. The molecule has 0 aliphatic carbocycles. The van der Waals surface area contributed by atoms with Crippen LogP contribution in [0.5, 0.6) is 5.75 Å². The molecule has 1 rings (SSSR count). The number of aromatic hydroxyl groups is 1. The minimum atomic E-state index is -0.506. The summed E-state index contributed by atoms with van der Waals surface area (Å²) in [5.41, 5.74) is 0.914. The second-order valence-electron chi connectivity index (χ2n) is 4.56. The van der Waals surface area contributed by atoms with Crippen LogP contribution >= 0.6 is 0 Å². The summed E-state index contributed by atoms with van der Waals surface area (Å²) in [4.78, 5) is 11.3. The molecule has 0 aromatic heterocycles. The van der Waals surface area contributed by atoms with E-state index in [1.807, 2.05) is 20.8 Å². The van der Waals surface area contributed by atoms with E-state index in [2.05, 4.69) is 0 Å². The molecule has 0 atom stereocenters. The highest BCUT2D eigenvalue weighted by molar-refractivity contribution is 5.97. The molecule has 1 aromatic carbocycles. The third kappa shape index (κ3) is 2.57. The average Bonchev–Trinajstić information content (AvgIpc) is 2.15. The van der Waals surface area contributed by atoms with Gasteiger partial charge in [0.15, 0.2) is 5.78 Å². The number of ketones is 1. The molecule has 0 heterocycles. The number of hydrogen-bond acceptors (Lipinski definition) is 3. The number of aliphatic hydroxyl groups is 1. The minimum absolute atomic E-state index is 0.178. The van der Waals surface area contributed by atoms with E-state index in [9.17, 15) is 9.90 Å². The normalized spacial score (nSPS) is 11.5. The average molecular weight is 208 g/mol. The van der Waals surface area contributed by atoms with E-state index >= 15 is 0 Å². The lowest BCUT2D eigenvalue weighted by Crippen LogP contribution is -2.13. The maximum atomic E-state index is 11.3. The molecule has 0 spiro atoms. The van der Waals surface area contributed by atoms with E-state index in [-0.39, 0.29) is 16.9 Å². The van der Waals surface area contributed by atoms with Gasteiger partial charge in [0.2, 0.25) is 0 Å². The van der Waals surface area contributed by atoms with Crippen LogP contribution in [0.1, 0.15) is 36.7 Å². The highest BCUT2D eigenvalue weighted by atomic mass is 16.3. The maximum Gasteiger partial charge on any atom is 0.188 e. The molecule has 0 radical (unpaired) electrons. The number of phenolic OH excluding ortho intramolecular Hbond substituents is 1. The van der Waals surface area contributed by atoms with Crippen molar-refractivity contribution in [1.29, 1.82) is 0 Å². The summed E-state index contributed by atoms with van der Waals surface area (Å²) in [6.07, 6.45) is 0. The van der Waals surface area contributed by atoms with Crippen LogP contribution in [0.2, 0.25) is 0 Å². The molecule has 0 bridgehead atoms. The quantitative estimate of drug-likeness (QED) is 0.729. The third-order valence-electron chi connectivity index (χ3n) is 2.27. The smallest absolute Gasteiger partial charge is 0.188 e. The zero-order valence-electron chi connectivity index (χ0n) is 9.24. The molecular formula is C12H16O3. The Morgan fingerprint density at radius 2 is 1.93 bits per heavy atom. The fraction of sp³-hybridized carbons (Fsp3) is 0.417. The van der Waals surface area contributed by atoms with Crippen molar-refractivity contribution in [3.8, 4) is 5.75 Å². The van der Waals surface area contributed by atoms with Crippen molar-refractivity contribution in [3.63, 3.8) is 0 Å². The van der Waals surface area contributed by atoms with Crippen molar-refractivity contribution in [3.05, 3.63) is 29.3 Å². The molecule has 0 saturated carbocycles. The molecule has 2 N–H and O–H groups in total. The van der Waals surface area contributed by atoms with E-state index in [0.717, 1.165) is 0 Å². The van der Waals surface area contributed by atoms with Crippen molar-refractivity contribution < 1.29 is 15.0 Å². The summed E-state index contributed by atoms with van der Waals surface area (Å²) in [5, 5.41) is 18.4.